The van der Waals surface area contributed by atoms with E-state index in [2.05, 4.69) is 40.7 Å². The van der Waals surface area contributed by atoms with Gasteiger partial charge in [-0.05, 0) is 52.0 Å². The van der Waals surface area contributed by atoms with Gasteiger partial charge in [-0.25, -0.2) is 0 Å². The van der Waals surface area contributed by atoms with E-state index in [9.17, 15) is 0 Å². The van der Waals surface area contributed by atoms with Crippen LogP contribution >= 0.6 is 11.8 Å². The van der Waals surface area contributed by atoms with Crippen molar-refractivity contribution in [3.8, 4) is 0 Å². The number of thioether (sulfide) groups is 1. The Balaban J connectivity index is 1.59. The van der Waals surface area contributed by atoms with E-state index in [1.165, 1.54) is 70.8 Å². The number of rotatable bonds is 7. The normalized spacial score (nSPS) is 26.4. The third-order valence-electron chi connectivity index (χ3n) is 4.62. The van der Waals surface area contributed by atoms with E-state index >= 15 is 0 Å². The Hall–Kier alpha value is 0.230. The first-order valence-corrected chi connectivity index (χ1v) is 9.17. The van der Waals surface area contributed by atoms with E-state index < -0.39 is 0 Å². The maximum Gasteiger partial charge on any atom is 0.0235 e. The molecule has 2 heterocycles. The van der Waals surface area contributed by atoms with Gasteiger partial charge in [-0.1, -0.05) is 13.8 Å². The minimum Gasteiger partial charge on any atom is -0.317 e. The van der Waals surface area contributed by atoms with Crippen LogP contribution < -0.4 is 5.32 Å². The maximum absolute atomic E-state index is 3.45. The van der Waals surface area contributed by atoms with Crippen molar-refractivity contribution in [1.29, 1.82) is 0 Å². The van der Waals surface area contributed by atoms with Gasteiger partial charge in [-0.15, -0.1) is 0 Å². The molecule has 3 nitrogen and oxygen atoms in total. The van der Waals surface area contributed by atoms with Gasteiger partial charge in [-0.2, -0.15) is 11.8 Å². The molecule has 0 bridgehead atoms. The van der Waals surface area contributed by atoms with Crippen LogP contribution in [0.2, 0.25) is 0 Å². The first-order chi connectivity index (χ1) is 9.33. The molecule has 19 heavy (non-hydrogen) atoms. The molecule has 1 N–H and O–H groups in total. The summed E-state index contributed by atoms with van der Waals surface area (Å²) in [4.78, 5) is 5.30. The quantitative estimate of drug-likeness (QED) is 0.769. The zero-order valence-electron chi connectivity index (χ0n) is 12.7. The lowest BCUT2D eigenvalue weighted by Gasteiger charge is -2.26. The Morgan fingerprint density at radius 3 is 2.58 bits per heavy atom. The summed E-state index contributed by atoms with van der Waals surface area (Å²) in [5.74, 6) is 1.33. The second kappa shape index (κ2) is 8.50. The highest BCUT2D eigenvalue weighted by Gasteiger charge is 2.25. The van der Waals surface area contributed by atoms with Crippen molar-refractivity contribution in [3.05, 3.63) is 0 Å². The summed E-state index contributed by atoms with van der Waals surface area (Å²) < 4.78 is 0. The van der Waals surface area contributed by atoms with E-state index in [0.717, 1.165) is 11.3 Å². The summed E-state index contributed by atoms with van der Waals surface area (Å²) in [5, 5.41) is 4.37. The number of likely N-dealkylation sites (tertiary alicyclic amines) is 1. The van der Waals surface area contributed by atoms with E-state index in [4.69, 9.17) is 0 Å². The van der Waals surface area contributed by atoms with Gasteiger partial charge in [0.05, 0.1) is 0 Å². The molecule has 112 valence electrons. The van der Waals surface area contributed by atoms with Gasteiger partial charge < -0.3 is 10.2 Å². The average molecular weight is 286 g/mol. The number of nitrogens with zero attached hydrogens (tertiary/aromatic N) is 2. The van der Waals surface area contributed by atoms with Crippen LogP contribution in [0.1, 0.15) is 33.1 Å². The number of nitrogens with one attached hydrogen (secondary N) is 1. The third kappa shape index (κ3) is 4.92. The van der Waals surface area contributed by atoms with Gasteiger partial charge in [0, 0.05) is 30.1 Å². The molecule has 4 heteroatoms. The summed E-state index contributed by atoms with van der Waals surface area (Å²) in [6.07, 6.45) is 4.11. The lowest BCUT2D eigenvalue weighted by molar-refractivity contribution is 0.213. The fourth-order valence-corrected chi connectivity index (χ4v) is 4.63. The Kier molecular flexibility index (Phi) is 6.99. The molecule has 0 aromatic heterocycles. The van der Waals surface area contributed by atoms with Gasteiger partial charge >= 0.3 is 0 Å². The molecule has 2 aliphatic rings. The number of piperidine rings is 1. The summed E-state index contributed by atoms with van der Waals surface area (Å²) >= 11 is 2.21. The maximum atomic E-state index is 3.45. The van der Waals surface area contributed by atoms with Crippen molar-refractivity contribution in [3.63, 3.8) is 0 Å². The van der Waals surface area contributed by atoms with E-state index in [1.54, 1.807) is 0 Å². The molecule has 0 aromatic rings. The minimum absolute atomic E-state index is 0.818. The summed E-state index contributed by atoms with van der Waals surface area (Å²) in [5.41, 5.74) is 0. The van der Waals surface area contributed by atoms with Crippen molar-refractivity contribution in [2.75, 3.05) is 51.6 Å². The molecule has 0 spiro atoms. The Morgan fingerprint density at radius 2 is 1.89 bits per heavy atom. The predicted octanol–water partition coefficient (Wildman–Crippen LogP) is 1.89. The zero-order chi connectivity index (χ0) is 13.5. The zero-order valence-corrected chi connectivity index (χ0v) is 13.6. The summed E-state index contributed by atoms with van der Waals surface area (Å²) in [7, 11) is 0. The Labute approximate surface area is 123 Å². The van der Waals surface area contributed by atoms with E-state index in [-0.39, 0.29) is 0 Å². The highest BCUT2D eigenvalue weighted by molar-refractivity contribution is 7.99. The topological polar surface area (TPSA) is 18.5 Å². The van der Waals surface area contributed by atoms with Crippen LogP contribution in [0.3, 0.4) is 0 Å². The van der Waals surface area contributed by atoms with Crippen LogP contribution in [0.4, 0.5) is 0 Å². The second-order valence-electron chi connectivity index (χ2n) is 5.78. The van der Waals surface area contributed by atoms with Crippen molar-refractivity contribution >= 4 is 11.8 Å². The predicted molar refractivity (Wildman–Crippen MR) is 86.1 cm³/mol. The highest BCUT2D eigenvalue weighted by atomic mass is 32.2. The third-order valence-corrected chi connectivity index (χ3v) is 5.98. The largest absolute Gasteiger partial charge is 0.317 e. The minimum atomic E-state index is 0.818. The van der Waals surface area contributed by atoms with Gasteiger partial charge in [0.1, 0.15) is 0 Å². The van der Waals surface area contributed by atoms with E-state index in [1.807, 2.05) is 0 Å². The standard InChI is InChI=1S/C15H31N3S/c1-3-18(4-2)14-7-10-17(13-14)11-12-19-15-5-8-16-9-6-15/h14-16H,3-13H2,1-2H3. The Bertz CT molecular complexity index is 240. The number of hydrogen-bond donors (Lipinski definition) is 1. The van der Waals surface area contributed by atoms with Crippen LogP contribution in [-0.4, -0.2) is 72.7 Å². The van der Waals surface area contributed by atoms with Crippen molar-refractivity contribution in [1.82, 2.24) is 15.1 Å². The SMILES string of the molecule is CCN(CC)C1CCN(CCSC2CCNCC2)C1. The molecule has 0 amide bonds. The monoisotopic (exact) mass is 285 g/mol. The molecule has 2 fully saturated rings. The fourth-order valence-electron chi connectivity index (χ4n) is 3.36. The molecule has 2 aliphatic heterocycles. The summed E-state index contributed by atoms with van der Waals surface area (Å²) in [6, 6.07) is 0.818. The molecule has 0 radical (unpaired) electrons. The number of likely N-dealkylation sites (N-methyl/N-ethyl adjacent to an activating group) is 1. The first-order valence-electron chi connectivity index (χ1n) is 8.12. The van der Waals surface area contributed by atoms with Crippen LogP contribution in [0.25, 0.3) is 0 Å². The first kappa shape index (κ1) is 15.6. The van der Waals surface area contributed by atoms with E-state index in [0.29, 0.717) is 0 Å². The van der Waals surface area contributed by atoms with Crippen molar-refractivity contribution < 1.29 is 0 Å². The van der Waals surface area contributed by atoms with Crippen LogP contribution in [0, 0.1) is 0 Å². The Morgan fingerprint density at radius 1 is 1.16 bits per heavy atom. The molecule has 2 saturated heterocycles. The van der Waals surface area contributed by atoms with Crippen LogP contribution in [0.5, 0.6) is 0 Å². The van der Waals surface area contributed by atoms with Gasteiger partial charge in [-0.3, -0.25) is 4.90 Å². The summed E-state index contributed by atoms with van der Waals surface area (Å²) in [6.45, 7) is 13.4. The highest BCUT2D eigenvalue weighted by Crippen LogP contribution is 2.21. The fraction of sp³-hybridized carbons (Fsp3) is 1.00. The van der Waals surface area contributed by atoms with Crippen molar-refractivity contribution in [2.45, 2.75) is 44.4 Å². The molecule has 0 saturated carbocycles. The van der Waals surface area contributed by atoms with Gasteiger partial charge in [0.2, 0.25) is 0 Å². The van der Waals surface area contributed by atoms with Gasteiger partial charge in [0.25, 0.3) is 0 Å². The number of hydrogen-bond acceptors (Lipinski definition) is 4. The second-order valence-corrected chi connectivity index (χ2v) is 7.19. The van der Waals surface area contributed by atoms with Gasteiger partial charge in [0.15, 0.2) is 0 Å². The molecule has 1 unspecified atom stereocenters. The lowest BCUT2D eigenvalue weighted by Crippen LogP contribution is -2.37. The molecule has 2 rings (SSSR count). The van der Waals surface area contributed by atoms with Crippen molar-refractivity contribution in [2.24, 2.45) is 0 Å². The molecular formula is C15H31N3S. The molecule has 1 atom stereocenters. The van der Waals surface area contributed by atoms with Crippen LogP contribution in [0.15, 0.2) is 0 Å². The van der Waals surface area contributed by atoms with Crippen LogP contribution in [-0.2, 0) is 0 Å². The smallest absolute Gasteiger partial charge is 0.0235 e. The average Bonchev–Trinajstić information content (AvgIpc) is 2.90. The molecule has 0 aliphatic carbocycles. The lowest BCUT2D eigenvalue weighted by atomic mass is 10.2. The molecule has 0 aromatic carbocycles. The molecular weight excluding hydrogens is 254 g/mol.